The van der Waals surface area contributed by atoms with Crippen molar-refractivity contribution in [1.82, 2.24) is 0 Å². The third-order valence-electron chi connectivity index (χ3n) is 3.21. The fourth-order valence-corrected chi connectivity index (χ4v) is 2.00. The van der Waals surface area contributed by atoms with E-state index in [1.165, 1.54) is 12.1 Å². The van der Waals surface area contributed by atoms with E-state index in [2.05, 4.69) is 0 Å². The summed E-state index contributed by atoms with van der Waals surface area (Å²) in [6, 6.07) is 24.4. The molecule has 3 rings (SSSR count). The van der Waals surface area contributed by atoms with Crippen molar-refractivity contribution in [3.63, 3.8) is 0 Å². The van der Waals surface area contributed by atoms with Crippen LogP contribution in [0.1, 0.15) is 26.3 Å². The second kappa shape index (κ2) is 8.29. The topological polar surface area (TPSA) is 74.6 Å². The van der Waals surface area contributed by atoms with Gasteiger partial charge in [0.1, 0.15) is 11.3 Å². The first-order chi connectivity index (χ1) is 11.6. The minimum absolute atomic E-state index is 0.0671. The number of carboxylic acid groups (broad SMARTS) is 1. The summed E-state index contributed by atoms with van der Waals surface area (Å²) in [4.78, 5) is 22.1. The molecule has 4 heteroatoms. The van der Waals surface area contributed by atoms with Gasteiger partial charge in [0, 0.05) is 11.1 Å². The minimum atomic E-state index is -1.11. The number of aromatic hydroxyl groups is 1. The molecule has 0 saturated carbocycles. The highest BCUT2D eigenvalue weighted by Gasteiger charge is 2.06. The van der Waals surface area contributed by atoms with Crippen molar-refractivity contribution in [2.45, 2.75) is 0 Å². The number of hydrogen-bond donors (Lipinski definition) is 2. The zero-order chi connectivity index (χ0) is 17.4. The molecule has 0 amide bonds. The summed E-state index contributed by atoms with van der Waals surface area (Å²) in [6.45, 7) is 0. The lowest BCUT2D eigenvalue weighted by atomic mass is 10.0. The van der Waals surface area contributed by atoms with Crippen molar-refractivity contribution in [1.29, 1.82) is 0 Å². The zero-order valence-electron chi connectivity index (χ0n) is 12.8. The highest BCUT2D eigenvalue weighted by Crippen LogP contribution is 2.14. The molecule has 4 nitrogen and oxygen atoms in total. The van der Waals surface area contributed by atoms with Crippen molar-refractivity contribution in [3.8, 4) is 5.75 Å². The van der Waals surface area contributed by atoms with Crippen LogP contribution >= 0.6 is 0 Å². The molecule has 0 saturated heterocycles. The van der Waals surface area contributed by atoms with Gasteiger partial charge in [-0.25, -0.2) is 4.79 Å². The Morgan fingerprint density at radius 2 is 1.04 bits per heavy atom. The van der Waals surface area contributed by atoms with Crippen LogP contribution in [0, 0.1) is 0 Å². The Morgan fingerprint density at radius 1 is 0.625 bits per heavy atom. The molecule has 0 aliphatic rings. The van der Waals surface area contributed by atoms with E-state index in [0.29, 0.717) is 0 Å². The minimum Gasteiger partial charge on any atom is -0.507 e. The third kappa shape index (κ3) is 4.55. The first-order valence-electron chi connectivity index (χ1n) is 7.25. The van der Waals surface area contributed by atoms with Gasteiger partial charge in [0.25, 0.3) is 0 Å². The van der Waals surface area contributed by atoms with Crippen LogP contribution in [0.15, 0.2) is 84.9 Å². The summed E-state index contributed by atoms with van der Waals surface area (Å²) in [5.74, 6) is -1.24. The molecule has 0 atom stereocenters. The molecule has 3 aromatic carbocycles. The zero-order valence-corrected chi connectivity index (χ0v) is 12.8. The van der Waals surface area contributed by atoms with E-state index in [0.717, 1.165) is 11.1 Å². The quantitative estimate of drug-likeness (QED) is 0.715. The van der Waals surface area contributed by atoms with Crippen molar-refractivity contribution in [2.75, 3.05) is 0 Å². The van der Waals surface area contributed by atoms with E-state index in [-0.39, 0.29) is 17.1 Å². The van der Waals surface area contributed by atoms with Gasteiger partial charge in [-0.3, -0.25) is 4.79 Å². The number of aromatic carboxylic acids is 1. The molecule has 0 aliphatic carbocycles. The first-order valence-corrected chi connectivity index (χ1v) is 7.25. The molecule has 0 fully saturated rings. The lowest BCUT2D eigenvalue weighted by molar-refractivity contribution is 0.0693. The first kappa shape index (κ1) is 17.0. The number of para-hydroxylation sites is 1. The van der Waals surface area contributed by atoms with E-state index in [1.807, 2.05) is 60.7 Å². The molecule has 0 aromatic heterocycles. The largest absolute Gasteiger partial charge is 0.507 e. The van der Waals surface area contributed by atoms with Crippen molar-refractivity contribution < 1.29 is 19.8 Å². The highest BCUT2D eigenvalue weighted by atomic mass is 16.4. The smallest absolute Gasteiger partial charge is 0.339 e. The van der Waals surface area contributed by atoms with Crippen LogP contribution in [-0.4, -0.2) is 22.0 Å². The Balaban J connectivity index is 0.000000185. The predicted octanol–water partition coefficient (Wildman–Crippen LogP) is 4.01. The number of hydrogen-bond acceptors (Lipinski definition) is 3. The van der Waals surface area contributed by atoms with Gasteiger partial charge in [-0.1, -0.05) is 72.8 Å². The van der Waals surface area contributed by atoms with Crippen LogP contribution in [0.3, 0.4) is 0 Å². The van der Waals surface area contributed by atoms with Crippen LogP contribution < -0.4 is 0 Å². The van der Waals surface area contributed by atoms with Crippen molar-refractivity contribution in [3.05, 3.63) is 102 Å². The van der Waals surface area contributed by atoms with Gasteiger partial charge < -0.3 is 10.2 Å². The Kier molecular flexibility index (Phi) is 5.86. The third-order valence-corrected chi connectivity index (χ3v) is 3.21. The van der Waals surface area contributed by atoms with Crippen LogP contribution in [0.25, 0.3) is 0 Å². The Hall–Kier alpha value is -3.40. The Morgan fingerprint density at radius 3 is 1.42 bits per heavy atom. The van der Waals surface area contributed by atoms with E-state index in [1.54, 1.807) is 12.1 Å². The van der Waals surface area contributed by atoms with Crippen LogP contribution in [-0.2, 0) is 0 Å². The van der Waals surface area contributed by atoms with Gasteiger partial charge in [-0.2, -0.15) is 0 Å². The maximum atomic E-state index is 11.8. The fraction of sp³-hybridized carbons (Fsp3) is 0. The van der Waals surface area contributed by atoms with E-state index >= 15 is 0 Å². The molecule has 3 aromatic rings. The van der Waals surface area contributed by atoms with Crippen LogP contribution in [0.5, 0.6) is 5.75 Å². The number of carboxylic acids is 1. The molecular formula is C20H16O4. The molecule has 0 heterocycles. The van der Waals surface area contributed by atoms with E-state index < -0.39 is 5.97 Å². The summed E-state index contributed by atoms with van der Waals surface area (Å²) in [7, 11) is 0. The van der Waals surface area contributed by atoms with Crippen LogP contribution in [0.4, 0.5) is 0 Å². The molecule has 0 radical (unpaired) electrons. The summed E-state index contributed by atoms with van der Waals surface area (Å²) in [6.07, 6.45) is 0. The monoisotopic (exact) mass is 320 g/mol. The Labute approximate surface area is 139 Å². The number of benzene rings is 3. The highest BCUT2D eigenvalue weighted by molar-refractivity contribution is 6.08. The van der Waals surface area contributed by atoms with Crippen LogP contribution in [0.2, 0.25) is 0 Å². The fourth-order valence-electron chi connectivity index (χ4n) is 2.00. The van der Waals surface area contributed by atoms with Gasteiger partial charge in [-0.15, -0.1) is 0 Å². The summed E-state index contributed by atoms with van der Waals surface area (Å²) in [5.41, 5.74) is 1.40. The predicted molar refractivity (Wildman–Crippen MR) is 91.4 cm³/mol. The summed E-state index contributed by atoms with van der Waals surface area (Å²) >= 11 is 0. The molecule has 0 unspecified atom stereocenters. The van der Waals surface area contributed by atoms with Gasteiger partial charge in [0.05, 0.1) is 0 Å². The van der Waals surface area contributed by atoms with Gasteiger partial charge in [-0.05, 0) is 12.1 Å². The van der Waals surface area contributed by atoms with Crippen molar-refractivity contribution >= 4 is 11.8 Å². The lowest BCUT2D eigenvalue weighted by Gasteiger charge is -1.99. The van der Waals surface area contributed by atoms with E-state index in [4.69, 9.17) is 10.2 Å². The molecule has 2 N–H and O–H groups in total. The lowest BCUT2D eigenvalue weighted by Crippen LogP contribution is -1.99. The van der Waals surface area contributed by atoms with Gasteiger partial charge >= 0.3 is 5.97 Å². The molecule has 0 bridgehead atoms. The number of phenols is 1. The number of rotatable bonds is 3. The number of carbonyl (C=O) groups is 2. The number of carbonyl (C=O) groups excluding carboxylic acids is 1. The maximum Gasteiger partial charge on any atom is 0.339 e. The average Bonchev–Trinajstić information content (AvgIpc) is 2.63. The second-order valence-electron chi connectivity index (χ2n) is 4.88. The second-order valence-corrected chi connectivity index (χ2v) is 4.88. The maximum absolute atomic E-state index is 11.8. The summed E-state index contributed by atoms with van der Waals surface area (Å²) < 4.78 is 0. The molecule has 120 valence electrons. The standard InChI is InChI=1S/C13H10O.C7H6O3/c14-13(11-7-3-1-4-8-11)12-9-5-2-6-10-12;8-6-4-2-1-3-5(6)7(9)10/h1-10H;1-4,8H,(H,9,10). The van der Waals surface area contributed by atoms with E-state index in [9.17, 15) is 9.59 Å². The normalized spacial score (nSPS) is 9.50. The SMILES string of the molecule is O=C(O)c1ccccc1O.O=C(c1ccccc1)c1ccccc1. The Bertz CT molecular complexity index is 770. The van der Waals surface area contributed by atoms with Gasteiger partial charge in [0.15, 0.2) is 5.78 Å². The molecular weight excluding hydrogens is 304 g/mol. The summed E-state index contributed by atoms with van der Waals surface area (Å²) in [5, 5.41) is 17.3. The average molecular weight is 320 g/mol. The molecule has 0 spiro atoms. The molecule has 0 aliphatic heterocycles. The molecule has 24 heavy (non-hydrogen) atoms. The number of ketones is 1. The van der Waals surface area contributed by atoms with Crippen molar-refractivity contribution in [2.24, 2.45) is 0 Å². The van der Waals surface area contributed by atoms with Gasteiger partial charge in [0.2, 0.25) is 0 Å².